The maximum atomic E-state index is 12.2. The molecule has 0 atom stereocenters. The monoisotopic (exact) mass is 376 g/mol. The summed E-state index contributed by atoms with van der Waals surface area (Å²) in [6.07, 6.45) is 6.66. The minimum atomic E-state index is -0.0946. The summed E-state index contributed by atoms with van der Waals surface area (Å²) in [6.45, 7) is 4.49. The number of allylic oxidation sites excluding steroid dienone is 1. The lowest BCUT2D eigenvalue weighted by atomic mass is 10.1. The van der Waals surface area contributed by atoms with Crippen molar-refractivity contribution < 1.29 is 4.79 Å². The number of aromatic nitrogens is 3. The van der Waals surface area contributed by atoms with Gasteiger partial charge in [-0.1, -0.05) is 48.3 Å². The van der Waals surface area contributed by atoms with E-state index in [-0.39, 0.29) is 11.7 Å². The van der Waals surface area contributed by atoms with Crippen LogP contribution in [-0.4, -0.2) is 26.4 Å². The molecule has 1 N–H and O–H groups in total. The van der Waals surface area contributed by atoms with Gasteiger partial charge in [-0.3, -0.25) is 4.79 Å². The molecular weight excluding hydrogens is 356 g/mol. The Labute approximate surface area is 156 Å². The first kappa shape index (κ1) is 18.0. The Kier molecular flexibility index (Phi) is 6.15. The highest BCUT2D eigenvalue weighted by Gasteiger charge is 2.24. The molecule has 0 unspecified atom stereocenters. The fourth-order valence-corrected chi connectivity index (χ4v) is 4.03. The summed E-state index contributed by atoms with van der Waals surface area (Å²) in [5, 5.41) is 12.9. The maximum absolute atomic E-state index is 12.2. The van der Waals surface area contributed by atoms with Crippen molar-refractivity contribution in [3.63, 3.8) is 0 Å². The Hall–Kier alpha value is -1.79. The number of rotatable bonds is 7. The Morgan fingerprint density at radius 2 is 2.20 bits per heavy atom. The lowest BCUT2D eigenvalue weighted by Gasteiger charge is -2.12. The average molecular weight is 377 g/mol. The van der Waals surface area contributed by atoms with Crippen molar-refractivity contribution in [2.75, 3.05) is 11.1 Å². The number of amides is 1. The van der Waals surface area contributed by atoms with Crippen molar-refractivity contribution in [1.82, 2.24) is 14.8 Å². The smallest absolute Gasteiger partial charge is 0.234 e. The maximum Gasteiger partial charge on any atom is 0.234 e. The number of nitrogens with one attached hydrogen (secondary N) is 1. The summed E-state index contributed by atoms with van der Waals surface area (Å²) < 4.78 is 2.08. The van der Waals surface area contributed by atoms with Gasteiger partial charge in [0.15, 0.2) is 5.16 Å². The Morgan fingerprint density at radius 3 is 2.92 bits per heavy atom. The van der Waals surface area contributed by atoms with E-state index in [0.29, 0.717) is 23.2 Å². The largest absolute Gasteiger partial charge is 0.325 e. The van der Waals surface area contributed by atoms with E-state index in [9.17, 15) is 4.79 Å². The molecule has 0 aliphatic heterocycles. The highest BCUT2D eigenvalue weighted by atomic mass is 35.5. The van der Waals surface area contributed by atoms with Gasteiger partial charge in [-0.15, -0.1) is 16.8 Å². The molecule has 1 saturated carbocycles. The number of hydrogen-bond acceptors (Lipinski definition) is 4. The summed E-state index contributed by atoms with van der Waals surface area (Å²) in [4.78, 5) is 12.2. The van der Waals surface area contributed by atoms with Gasteiger partial charge >= 0.3 is 0 Å². The second-order valence-electron chi connectivity index (χ2n) is 6.07. The van der Waals surface area contributed by atoms with Crippen LogP contribution in [0, 0.1) is 0 Å². The SMILES string of the molecule is C=CCn1c(SCC(=O)Nc2cccc(Cl)c2)nnc1C1CCCC1. The summed E-state index contributed by atoms with van der Waals surface area (Å²) in [7, 11) is 0. The van der Waals surface area contributed by atoms with Crippen LogP contribution >= 0.6 is 23.4 Å². The summed E-state index contributed by atoms with van der Waals surface area (Å²) in [5.74, 6) is 1.67. The zero-order chi connectivity index (χ0) is 17.6. The van der Waals surface area contributed by atoms with Gasteiger partial charge in [0.05, 0.1) is 5.75 Å². The van der Waals surface area contributed by atoms with E-state index in [1.165, 1.54) is 24.6 Å². The lowest BCUT2D eigenvalue weighted by Crippen LogP contribution is -2.15. The molecule has 1 aromatic heterocycles. The van der Waals surface area contributed by atoms with Gasteiger partial charge in [-0.2, -0.15) is 0 Å². The van der Waals surface area contributed by atoms with E-state index in [0.717, 1.165) is 23.8 Å². The summed E-state index contributed by atoms with van der Waals surface area (Å²) >= 11 is 7.33. The van der Waals surface area contributed by atoms with E-state index in [4.69, 9.17) is 11.6 Å². The minimum Gasteiger partial charge on any atom is -0.325 e. The number of carbonyl (C=O) groups excluding carboxylic acids is 1. The van der Waals surface area contributed by atoms with Crippen LogP contribution in [0.1, 0.15) is 37.4 Å². The predicted molar refractivity (Wildman–Crippen MR) is 102 cm³/mol. The second kappa shape index (κ2) is 8.54. The highest BCUT2D eigenvalue weighted by molar-refractivity contribution is 7.99. The molecule has 1 amide bonds. The standard InChI is InChI=1S/C18H21ClN4OS/c1-2-10-23-17(13-6-3-4-7-13)21-22-18(23)25-12-16(24)20-15-9-5-8-14(19)11-15/h2,5,8-9,11,13H,1,3-4,6-7,10,12H2,(H,20,24). The molecule has 0 bridgehead atoms. The number of nitrogens with zero attached hydrogens (tertiary/aromatic N) is 3. The number of hydrogen-bond donors (Lipinski definition) is 1. The van der Waals surface area contributed by atoms with Gasteiger partial charge in [-0.05, 0) is 31.0 Å². The van der Waals surface area contributed by atoms with Gasteiger partial charge in [0, 0.05) is 23.2 Å². The minimum absolute atomic E-state index is 0.0946. The molecule has 7 heteroatoms. The van der Waals surface area contributed by atoms with Crippen molar-refractivity contribution in [1.29, 1.82) is 0 Å². The Bertz CT molecular complexity index is 755. The fraction of sp³-hybridized carbons (Fsp3) is 0.389. The number of halogens is 1. The number of thioether (sulfide) groups is 1. The van der Waals surface area contributed by atoms with Gasteiger partial charge in [0.2, 0.25) is 5.91 Å². The van der Waals surface area contributed by atoms with Crippen LogP contribution in [0.3, 0.4) is 0 Å². The van der Waals surface area contributed by atoms with Crippen molar-refractivity contribution in [3.05, 3.63) is 47.8 Å². The lowest BCUT2D eigenvalue weighted by molar-refractivity contribution is -0.113. The first-order valence-electron chi connectivity index (χ1n) is 8.39. The molecule has 5 nitrogen and oxygen atoms in total. The van der Waals surface area contributed by atoms with Crippen LogP contribution in [-0.2, 0) is 11.3 Å². The Morgan fingerprint density at radius 1 is 1.40 bits per heavy atom. The van der Waals surface area contributed by atoms with Crippen LogP contribution in [0.4, 0.5) is 5.69 Å². The zero-order valence-corrected chi connectivity index (χ0v) is 15.5. The third-order valence-corrected chi connectivity index (χ3v) is 5.42. The van der Waals surface area contributed by atoms with Gasteiger partial charge in [0.1, 0.15) is 5.82 Å². The molecule has 1 aromatic carbocycles. The molecule has 1 fully saturated rings. The molecule has 0 saturated heterocycles. The second-order valence-corrected chi connectivity index (χ2v) is 7.45. The van der Waals surface area contributed by atoms with E-state index in [2.05, 4.69) is 26.7 Å². The fourth-order valence-electron chi connectivity index (χ4n) is 3.09. The predicted octanol–water partition coefficient (Wildman–Crippen LogP) is 4.51. The van der Waals surface area contributed by atoms with Crippen molar-refractivity contribution in [3.8, 4) is 0 Å². The molecule has 0 spiro atoms. The third kappa shape index (κ3) is 4.64. The van der Waals surface area contributed by atoms with Crippen LogP contribution in [0.15, 0.2) is 42.1 Å². The number of anilines is 1. The van der Waals surface area contributed by atoms with Crippen LogP contribution in [0.2, 0.25) is 5.02 Å². The van der Waals surface area contributed by atoms with E-state index in [1.807, 2.05) is 12.1 Å². The van der Waals surface area contributed by atoms with E-state index >= 15 is 0 Å². The molecule has 132 valence electrons. The number of carbonyl (C=O) groups is 1. The zero-order valence-electron chi connectivity index (χ0n) is 13.9. The molecule has 25 heavy (non-hydrogen) atoms. The molecule has 0 radical (unpaired) electrons. The topological polar surface area (TPSA) is 59.8 Å². The first-order valence-corrected chi connectivity index (χ1v) is 9.76. The molecule has 1 aliphatic carbocycles. The van der Waals surface area contributed by atoms with Crippen LogP contribution < -0.4 is 5.32 Å². The van der Waals surface area contributed by atoms with E-state index in [1.54, 1.807) is 18.2 Å². The van der Waals surface area contributed by atoms with Crippen LogP contribution in [0.5, 0.6) is 0 Å². The molecular formula is C18H21ClN4OS. The third-order valence-electron chi connectivity index (χ3n) is 4.22. The average Bonchev–Trinajstić information content (AvgIpc) is 3.23. The van der Waals surface area contributed by atoms with Gasteiger partial charge in [0.25, 0.3) is 0 Å². The highest BCUT2D eigenvalue weighted by Crippen LogP contribution is 2.34. The summed E-state index contributed by atoms with van der Waals surface area (Å²) in [6, 6.07) is 7.11. The van der Waals surface area contributed by atoms with E-state index < -0.39 is 0 Å². The quantitative estimate of drug-likeness (QED) is 0.570. The summed E-state index contributed by atoms with van der Waals surface area (Å²) in [5.41, 5.74) is 0.692. The molecule has 3 rings (SSSR count). The molecule has 2 aromatic rings. The van der Waals surface area contributed by atoms with Gasteiger partial charge < -0.3 is 9.88 Å². The van der Waals surface area contributed by atoms with Crippen LogP contribution in [0.25, 0.3) is 0 Å². The van der Waals surface area contributed by atoms with Crippen molar-refractivity contribution in [2.24, 2.45) is 0 Å². The van der Waals surface area contributed by atoms with Crippen molar-refractivity contribution >= 4 is 35.0 Å². The van der Waals surface area contributed by atoms with Crippen molar-refractivity contribution in [2.45, 2.75) is 43.3 Å². The Balaban J connectivity index is 1.64. The molecule has 1 aliphatic rings. The van der Waals surface area contributed by atoms with Gasteiger partial charge in [-0.25, -0.2) is 0 Å². The molecule has 1 heterocycles. The number of benzene rings is 1. The first-order chi connectivity index (χ1) is 12.2. The normalized spacial score (nSPS) is 14.6.